The summed E-state index contributed by atoms with van der Waals surface area (Å²) in [5.74, 6) is 1.94. The lowest BCUT2D eigenvalue weighted by molar-refractivity contribution is -0.475. The molecule has 0 atom stereocenters. The molecule has 5 aromatic rings. The van der Waals surface area contributed by atoms with E-state index in [0.29, 0.717) is 13.5 Å². The van der Waals surface area contributed by atoms with Gasteiger partial charge < -0.3 is 14.4 Å². The van der Waals surface area contributed by atoms with E-state index < -0.39 is 0 Å². The fraction of sp³-hybridized carbons (Fsp3) is 0.451. The largest absolute Gasteiger partial charge is 0.472 e. The molecule has 0 bridgehead atoms. The maximum Gasteiger partial charge on any atom is 0.292 e. The van der Waals surface area contributed by atoms with E-state index in [1.165, 1.54) is 82.7 Å². The zero-order valence-corrected chi connectivity index (χ0v) is 50.5. The van der Waals surface area contributed by atoms with Crippen LogP contribution >= 0.6 is 11.8 Å². The molecule has 3 aliphatic rings. The highest BCUT2D eigenvalue weighted by molar-refractivity contribution is 8.03. The highest BCUT2D eigenvalue weighted by Crippen LogP contribution is 2.50. The Bertz CT molecular complexity index is 3100. The maximum atomic E-state index is 7.08. The first-order valence-corrected chi connectivity index (χ1v) is 29.5. The van der Waals surface area contributed by atoms with Crippen LogP contribution in [0.3, 0.4) is 0 Å². The van der Waals surface area contributed by atoms with Gasteiger partial charge >= 0.3 is 0 Å². The first kappa shape index (κ1) is 56.7. The van der Waals surface area contributed by atoms with Crippen molar-refractivity contribution < 1.29 is 14.0 Å². The monoisotopic (exact) mass is 1040 g/mol. The average Bonchev–Trinajstić information content (AvgIpc) is 3.76. The molecule has 5 heteroatoms. The van der Waals surface area contributed by atoms with Crippen LogP contribution in [0.4, 0.5) is 11.4 Å². The van der Waals surface area contributed by atoms with Crippen LogP contribution in [-0.2, 0) is 32.5 Å². The van der Waals surface area contributed by atoms with Crippen LogP contribution in [0.2, 0.25) is 0 Å². The van der Waals surface area contributed by atoms with Gasteiger partial charge in [-0.25, -0.2) is 0 Å². The second-order valence-electron chi connectivity index (χ2n) is 25.6. The molecule has 402 valence electrons. The average molecular weight is 1040 g/mol. The molecule has 0 amide bonds. The second-order valence-corrected chi connectivity index (χ2v) is 26.7. The summed E-state index contributed by atoms with van der Waals surface area (Å²) in [7, 11) is 0. The molecule has 0 aromatic heterocycles. The minimum atomic E-state index is -0.247. The van der Waals surface area contributed by atoms with Crippen LogP contribution in [0.25, 0.3) is 0 Å². The van der Waals surface area contributed by atoms with E-state index >= 15 is 0 Å². The van der Waals surface area contributed by atoms with Gasteiger partial charge in [0.1, 0.15) is 11.5 Å². The Kier molecular flexibility index (Phi) is 16.5. The molecule has 4 nitrogen and oxygen atoms in total. The van der Waals surface area contributed by atoms with Crippen molar-refractivity contribution >= 4 is 28.8 Å². The smallest absolute Gasteiger partial charge is 0.292 e. The van der Waals surface area contributed by atoms with Gasteiger partial charge in [0.2, 0.25) is 5.69 Å². The third-order valence-electron chi connectivity index (χ3n) is 18.4. The van der Waals surface area contributed by atoms with Gasteiger partial charge in [0.05, 0.1) is 5.41 Å². The van der Waals surface area contributed by atoms with Crippen LogP contribution in [0.1, 0.15) is 195 Å². The third kappa shape index (κ3) is 11.3. The van der Waals surface area contributed by atoms with Gasteiger partial charge in [-0.3, -0.25) is 0 Å². The zero-order valence-electron chi connectivity index (χ0n) is 49.7. The molecule has 0 spiro atoms. The molecule has 0 unspecified atom stereocenters. The normalized spacial score (nSPS) is 17.8. The predicted octanol–water partition coefficient (Wildman–Crippen LogP) is 19.6. The summed E-state index contributed by atoms with van der Waals surface area (Å²) in [6.45, 7) is 40.5. The van der Waals surface area contributed by atoms with Gasteiger partial charge in [-0.2, -0.15) is 4.58 Å². The molecule has 0 saturated carbocycles. The SMILES string of the molecule is CCC(C)(C)c1ccc(OCN2C(=CC=C3CCCC(C=CC4=[N+](COc5ccc(C(C)(C)CC)cc5C(C)(C)CC)c5ccccc5C4(C)C)=C3Sc3ccccc3)C(C)(C)c3cc(C)ccc32)c(C(C)(C)CC)c1. The minimum Gasteiger partial charge on any atom is -0.472 e. The second kappa shape index (κ2) is 22.1. The number of benzene rings is 5. The molecular formula is C71H91N2O2S+. The van der Waals surface area contributed by atoms with Crippen molar-refractivity contribution in [3.8, 4) is 11.5 Å². The number of thioether (sulfide) groups is 1. The van der Waals surface area contributed by atoms with Gasteiger partial charge in [0.15, 0.2) is 12.4 Å². The van der Waals surface area contributed by atoms with Crippen LogP contribution in [0.15, 0.2) is 160 Å². The molecule has 0 saturated heterocycles. The Balaban J connectivity index is 1.20. The van der Waals surface area contributed by atoms with Crippen molar-refractivity contribution in [2.45, 2.75) is 200 Å². The number of hydrogen-bond acceptors (Lipinski definition) is 4. The van der Waals surface area contributed by atoms with Gasteiger partial charge in [0, 0.05) is 55.4 Å². The number of nitrogens with zero attached hydrogens (tertiary/aromatic N) is 2. The molecule has 8 rings (SSSR count). The van der Waals surface area contributed by atoms with Crippen LogP contribution < -0.4 is 14.4 Å². The first-order chi connectivity index (χ1) is 35.9. The molecule has 0 fully saturated rings. The molecule has 1 aliphatic carbocycles. The van der Waals surface area contributed by atoms with Gasteiger partial charge in [0.25, 0.3) is 6.73 Å². The highest BCUT2D eigenvalue weighted by atomic mass is 32.2. The summed E-state index contributed by atoms with van der Waals surface area (Å²) >= 11 is 1.90. The summed E-state index contributed by atoms with van der Waals surface area (Å²) in [4.78, 5) is 5.03. The highest BCUT2D eigenvalue weighted by Gasteiger charge is 2.45. The van der Waals surface area contributed by atoms with E-state index in [1.807, 2.05) is 11.8 Å². The first-order valence-electron chi connectivity index (χ1n) is 28.6. The maximum absolute atomic E-state index is 7.08. The van der Waals surface area contributed by atoms with E-state index in [9.17, 15) is 0 Å². The Morgan fingerprint density at radius 3 is 1.78 bits per heavy atom. The summed E-state index contributed by atoms with van der Waals surface area (Å²) in [6, 6.07) is 40.7. The summed E-state index contributed by atoms with van der Waals surface area (Å²) in [5, 5.41) is 0. The molecule has 76 heavy (non-hydrogen) atoms. The van der Waals surface area contributed by atoms with Gasteiger partial charge in [-0.05, 0) is 152 Å². The van der Waals surface area contributed by atoms with Crippen LogP contribution in [-0.4, -0.2) is 23.7 Å². The summed E-state index contributed by atoms with van der Waals surface area (Å²) < 4.78 is 16.6. The molecule has 2 aliphatic heterocycles. The lowest BCUT2D eigenvalue weighted by Crippen LogP contribution is -2.30. The fourth-order valence-electron chi connectivity index (χ4n) is 11.3. The van der Waals surface area contributed by atoms with Crippen molar-refractivity contribution in [3.63, 3.8) is 0 Å². The Hall–Kier alpha value is -5.52. The number of rotatable bonds is 19. The zero-order chi connectivity index (χ0) is 55.0. The van der Waals surface area contributed by atoms with Gasteiger partial charge in [-0.1, -0.05) is 199 Å². The van der Waals surface area contributed by atoms with Gasteiger partial charge in [-0.15, -0.1) is 0 Å². The molecule has 2 heterocycles. The van der Waals surface area contributed by atoms with Crippen molar-refractivity contribution in [2.24, 2.45) is 0 Å². The Morgan fingerprint density at radius 2 is 1.17 bits per heavy atom. The number of aryl methyl sites for hydroxylation is 1. The lowest BCUT2D eigenvalue weighted by atomic mass is 9.76. The van der Waals surface area contributed by atoms with E-state index in [0.717, 1.165) is 56.4 Å². The van der Waals surface area contributed by atoms with Crippen molar-refractivity contribution in [1.82, 2.24) is 0 Å². The van der Waals surface area contributed by atoms with Crippen molar-refractivity contribution in [2.75, 3.05) is 18.4 Å². The molecule has 0 radical (unpaired) electrons. The number of para-hydroxylation sites is 1. The summed E-state index contributed by atoms with van der Waals surface area (Å²) in [5.41, 5.74) is 16.5. The standard InChI is InChI=1S/C71H91N2O2S/c1-18-66(6,7)52-37-40-61(57(45-52)68(10,11)20-3)74-47-72-59-33-26-25-32-55(59)70(14,15)63(72)42-35-50-28-27-29-51(65(50)76-54-30-23-22-24-31-54)36-43-64-71(16,17)56-44-49(5)34-39-60(56)73(64)48-75-62-41-38-53(67(8,9)19-2)46-58(62)69(12,13)21-4/h22-26,30-46H,18-21,27-29,47-48H2,1-17H3/q+1. The molecule has 0 N–H and O–H groups in total. The summed E-state index contributed by atoms with van der Waals surface area (Å²) in [6.07, 6.45) is 17.0. The van der Waals surface area contributed by atoms with E-state index in [4.69, 9.17) is 9.47 Å². The lowest BCUT2D eigenvalue weighted by Gasteiger charge is -2.32. The number of hydrogen-bond donors (Lipinski definition) is 0. The van der Waals surface area contributed by atoms with Crippen LogP contribution in [0.5, 0.6) is 11.5 Å². The number of anilines is 1. The minimum absolute atomic E-state index is 0.0395. The van der Waals surface area contributed by atoms with Crippen molar-refractivity contribution in [3.05, 3.63) is 194 Å². The van der Waals surface area contributed by atoms with E-state index in [1.54, 1.807) is 0 Å². The predicted molar refractivity (Wildman–Crippen MR) is 327 cm³/mol. The molecular weight excluding hydrogens is 945 g/mol. The third-order valence-corrected chi connectivity index (χ3v) is 19.6. The quantitative estimate of drug-likeness (QED) is 0.0770. The van der Waals surface area contributed by atoms with E-state index in [-0.39, 0.29) is 32.5 Å². The number of allylic oxidation sites excluding steroid dienone is 7. The number of fused-ring (bicyclic) bond motifs is 2. The Labute approximate surface area is 464 Å². The van der Waals surface area contributed by atoms with Crippen LogP contribution in [0, 0.1) is 6.92 Å². The topological polar surface area (TPSA) is 24.7 Å². The van der Waals surface area contributed by atoms with Crippen molar-refractivity contribution in [1.29, 1.82) is 0 Å². The fourth-order valence-corrected chi connectivity index (χ4v) is 12.4. The van der Waals surface area contributed by atoms with E-state index in [2.05, 4.69) is 261 Å². The molecule has 5 aromatic carbocycles. The Morgan fingerprint density at radius 1 is 0.592 bits per heavy atom. The number of ether oxygens (including phenoxy) is 2.